The van der Waals surface area contributed by atoms with Gasteiger partial charge in [0, 0.05) is 36.0 Å². The lowest BCUT2D eigenvalue weighted by Gasteiger charge is -2.25. The molecule has 0 atom stereocenters. The van der Waals surface area contributed by atoms with Crippen LogP contribution in [0.2, 0.25) is 0 Å². The van der Waals surface area contributed by atoms with Crippen LogP contribution in [0.3, 0.4) is 0 Å². The Labute approximate surface area is 168 Å². The van der Waals surface area contributed by atoms with Gasteiger partial charge in [0.15, 0.2) is 5.13 Å². The summed E-state index contributed by atoms with van der Waals surface area (Å²) >= 11 is 1.18. The monoisotopic (exact) mass is 429 g/mol. The molecule has 1 aliphatic heterocycles. The maximum Gasteiger partial charge on any atom is 0.446 e. The Kier molecular flexibility index (Phi) is 7.11. The largest absolute Gasteiger partial charge is 0.446 e. The summed E-state index contributed by atoms with van der Waals surface area (Å²) in [4.78, 5) is 18.8. The summed E-state index contributed by atoms with van der Waals surface area (Å²) in [6.45, 7) is 3.88. The van der Waals surface area contributed by atoms with Crippen LogP contribution in [-0.2, 0) is 16.1 Å². The van der Waals surface area contributed by atoms with Crippen LogP contribution in [0.15, 0.2) is 40.6 Å². The zero-order chi connectivity index (χ0) is 20.0. The molecule has 3 rings (SSSR count). The highest BCUT2D eigenvalue weighted by Crippen LogP contribution is 2.36. The number of hydrogen-bond donors (Lipinski definition) is 1. The first kappa shape index (κ1) is 20.8. The lowest BCUT2D eigenvalue weighted by Crippen LogP contribution is -2.35. The summed E-state index contributed by atoms with van der Waals surface area (Å²) < 4.78 is 42.3. The number of hydrogen-bond acceptors (Lipinski definition) is 6. The van der Waals surface area contributed by atoms with Crippen LogP contribution in [0.4, 0.5) is 18.3 Å². The molecule has 5 nitrogen and oxygen atoms in total. The summed E-state index contributed by atoms with van der Waals surface area (Å²) in [5, 5.41) is 5.12. The molecule has 0 saturated carbocycles. The zero-order valence-corrected chi connectivity index (χ0v) is 16.4. The van der Waals surface area contributed by atoms with E-state index in [2.05, 4.69) is 15.2 Å². The number of alkyl halides is 3. The van der Waals surface area contributed by atoms with Gasteiger partial charge in [-0.25, -0.2) is 4.98 Å². The quantitative estimate of drug-likeness (QED) is 0.550. The Hall–Kier alpha value is -1.88. The number of amides is 1. The fourth-order valence-corrected chi connectivity index (χ4v) is 3.77. The molecule has 0 spiro atoms. The Balaban J connectivity index is 1.49. The fourth-order valence-electron chi connectivity index (χ4n) is 2.52. The maximum absolute atomic E-state index is 12.3. The molecule has 1 aliphatic rings. The second-order valence-electron chi connectivity index (χ2n) is 5.97. The normalized spacial score (nSPS) is 15.8. The van der Waals surface area contributed by atoms with Gasteiger partial charge in [0.25, 0.3) is 0 Å². The molecular formula is C18H18F3N3O2S2. The van der Waals surface area contributed by atoms with E-state index in [0.29, 0.717) is 30.5 Å². The van der Waals surface area contributed by atoms with Crippen LogP contribution in [0, 0.1) is 0 Å². The van der Waals surface area contributed by atoms with Crippen LogP contribution >= 0.6 is 23.1 Å². The third-order valence-corrected chi connectivity index (χ3v) is 5.36. The molecule has 2 aromatic rings. The molecule has 0 bridgehead atoms. The van der Waals surface area contributed by atoms with Crippen LogP contribution in [0.5, 0.6) is 0 Å². The molecule has 1 fully saturated rings. The number of aromatic nitrogens is 1. The van der Waals surface area contributed by atoms with Crippen molar-refractivity contribution in [1.29, 1.82) is 0 Å². The highest BCUT2D eigenvalue weighted by Gasteiger charge is 2.28. The minimum atomic E-state index is -4.31. The molecule has 1 aromatic carbocycles. The minimum Gasteiger partial charge on any atom is -0.379 e. The summed E-state index contributed by atoms with van der Waals surface area (Å²) in [5.41, 5.74) is -2.79. The molecule has 1 amide bonds. The number of morpholine rings is 1. The highest BCUT2D eigenvalue weighted by atomic mass is 32.2. The van der Waals surface area contributed by atoms with Crippen molar-refractivity contribution >= 4 is 40.2 Å². The van der Waals surface area contributed by atoms with Gasteiger partial charge in [-0.3, -0.25) is 15.0 Å². The van der Waals surface area contributed by atoms with Gasteiger partial charge in [-0.1, -0.05) is 12.1 Å². The number of nitrogens with one attached hydrogen (secondary N) is 1. The number of ether oxygens (including phenoxy) is 1. The Bertz CT molecular complexity index is 816. The van der Waals surface area contributed by atoms with E-state index in [4.69, 9.17) is 4.74 Å². The predicted octanol–water partition coefficient (Wildman–Crippen LogP) is 4.24. The molecular weight excluding hydrogens is 411 g/mol. The lowest BCUT2D eigenvalue weighted by molar-refractivity contribution is -0.111. The van der Waals surface area contributed by atoms with E-state index < -0.39 is 5.51 Å². The van der Waals surface area contributed by atoms with E-state index >= 15 is 0 Å². The SMILES string of the molecule is O=C(C=Cc1ccc(SC(F)(F)F)cc1)Nc1nc(CN2CCOCC2)cs1. The molecule has 1 N–H and O–H groups in total. The first-order chi connectivity index (χ1) is 13.4. The Morgan fingerprint density at radius 1 is 1.29 bits per heavy atom. The number of rotatable bonds is 6. The summed E-state index contributed by atoms with van der Waals surface area (Å²) in [6.07, 6.45) is 2.87. The predicted molar refractivity (Wildman–Crippen MR) is 104 cm³/mol. The third kappa shape index (κ3) is 6.93. The third-order valence-electron chi connectivity index (χ3n) is 3.81. The second kappa shape index (κ2) is 9.55. The number of anilines is 1. The van der Waals surface area contributed by atoms with E-state index in [0.717, 1.165) is 18.8 Å². The van der Waals surface area contributed by atoms with Gasteiger partial charge in [-0.05, 0) is 35.5 Å². The number of thioether (sulfide) groups is 1. The first-order valence-electron chi connectivity index (χ1n) is 8.47. The van der Waals surface area contributed by atoms with Crippen molar-refractivity contribution in [2.45, 2.75) is 16.9 Å². The summed E-state index contributed by atoms with van der Waals surface area (Å²) in [5.74, 6) is -0.346. The van der Waals surface area contributed by atoms with Crippen molar-refractivity contribution in [3.05, 3.63) is 47.0 Å². The molecule has 2 heterocycles. The van der Waals surface area contributed by atoms with Gasteiger partial charge in [0.05, 0.1) is 18.9 Å². The van der Waals surface area contributed by atoms with Gasteiger partial charge < -0.3 is 4.74 Å². The standard InChI is InChI=1S/C18H18F3N3O2S2/c19-18(20,21)28-15-4-1-13(2-5-15)3-6-16(25)23-17-22-14(12-27-17)11-24-7-9-26-10-8-24/h1-6,12H,7-11H2,(H,22,23,25). The number of carbonyl (C=O) groups is 1. The molecule has 28 heavy (non-hydrogen) atoms. The smallest absolute Gasteiger partial charge is 0.379 e. The Morgan fingerprint density at radius 2 is 2.00 bits per heavy atom. The van der Waals surface area contributed by atoms with E-state index in [9.17, 15) is 18.0 Å². The summed E-state index contributed by atoms with van der Waals surface area (Å²) in [6, 6.07) is 5.80. The van der Waals surface area contributed by atoms with Gasteiger partial charge in [0.2, 0.25) is 5.91 Å². The van der Waals surface area contributed by atoms with Crippen molar-refractivity contribution in [3.63, 3.8) is 0 Å². The van der Waals surface area contributed by atoms with Crippen molar-refractivity contribution in [2.24, 2.45) is 0 Å². The highest BCUT2D eigenvalue weighted by molar-refractivity contribution is 8.00. The molecule has 150 valence electrons. The van der Waals surface area contributed by atoms with Gasteiger partial charge in [-0.15, -0.1) is 11.3 Å². The molecule has 1 aromatic heterocycles. The van der Waals surface area contributed by atoms with Crippen LogP contribution in [-0.4, -0.2) is 47.6 Å². The van der Waals surface area contributed by atoms with Gasteiger partial charge in [-0.2, -0.15) is 13.2 Å². The number of nitrogens with zero attached hydrogens (tertiary/aromatic N) is 2. The molecule has 1 saturated heterocycles. The maximum atomic E-state index is 12.3. The van der Waals surface area contributed by atoms with E-state index in [1.807, 2.05) is 5.38 Å². The average Bonchev–Trinajstić information content (AvgIpc) is 3.07. The van der Waals surface area contributed by atoms with Crippen LogP contribution in [0.25, 0.3) is 6.08 Å². The second-order valence-corrected chi connectivity index (χ2v) is 7.97. The number of thiazole rings is 1. The van der Waals surface area contributed by atoms with E-state index in [1.165, 1.54) is 41.7 Å². The molecule has 10 heteroatoms. The van der Waals surface area contributed by atoms with Crippen LogP contribution in [0.1, 0.15) is 11.3 Å². The van der Waals surface area contributed by atoms with Crippen molar-refractivity contribution < 1.29 is 22.7 Å². The molecule has 0 aliphatic carbocycles. The zero-order valence-electron chi connectivity index (χ0n) is 14.7. The fraction of sp³-hybridized carbons (Fsp3) is 0.333. The first-order valence-corrected chi connectivity index (χ1v) is 10.2. The number of carbonyl (C=O) groups excluding carboxylic acids is 1. The number of halogens is 3. The lowest BCUT2D eigenvalue weighted by atomic mass is 10.2. The van der Waals surface area contributed by atoms with Crippen LogP contribution < -0.4 is 5.32 Å². The van der Waals surface area contributed by atoms with Gasteiger partial charge in [0.1, 0.15) is 0 Å². The molecule has 0 unspecified atom stereocenters. The Morgan fingerprint density at radius 3 is 2.68 bits per heavy atom. The topological polar surface area (TPSA) is 54.5 Å². The molecule has 0 radical (unpaired) electrons. The minimum absolute atomic E-state index is 0.102. The van der Waals surface area contributed by atoms with Crippen molar-refractivity contribution in [1.82, 2.24) is 9.88 Å². The van der Waals surface area contributed by atoms with E-state index in [-0.39, 0.29) is 22.6 Å². The van der Waals surface area contributed by atoms with Crippen molar-refractivity contribution in [2.75, 3.05) is 31.6 Å². The van der Waals surface area contributed by atoms with Crippen molar-refractivity contribution in [3.8, 4) is 0 Å². The average molecular weight is 429 g/mol. The van der Waals surface area contributed by atoms with E-state index in [1.54, 1.807) is 6.08 Å². The summed E-state index contributed by atoms with van der Waals surface area (Å²) in [7, 11) is 0. The number of benzene rings is 1. The van der Waals surface area contributed by atoms with Gasteiger partial charge >= 0.3 is 5.51 Å².